The summed E-state index contributed by atoms with van der Waals surface area (Å²) in [5, 5.41) is 10.9. The predicted octanol–water partition coefficient (Wildman–Crippen LogP) is 4.20. The molecule has 2 aromatic carbocycles. The first-order valence-corrected chi connectivity index (χ1v) is 9.23. The summed E-state index contributed by atoms with van der Waals surface area (Å²) in [4.78, 5) is 23.3. The fourth-order valence-corrected chi connectivity index (χ4v) is 3.49. The molecule has 1 aliphatic carbocycles. The van der Waals surface area contributed by atoms with Crippen LogP contribution in [-0.4, -0.2) is 31.0 Å². The van der Waals surface area contributed by atoms with Gasteiger partial charge in [-0.2, -0.15) is 0 Å². The van der Waals surface area contributed by atoms with Gasteiger partial charge in [0.1, 0.15) is 13.2 Å². The van der Waals surface area contributed by atoms with Crippen LogP contribution in [0.5, 0.6) is 17.2 Å². The van der Waals surface area contributed by atoms with Crippen LogP contribution >= 0.6 is 0 Å². The second-order valence-corrected chi connectivity index (χ2v) is 6.77. The van der Waals surface area contributed by atoms with Crippen molar-refractivity contribution in [3.05, 3.63) is 68.8 Å². The number of hydrogen-bond donors (Lipinski definition) is 0. The van der Waals surface area contributed by atoms with Crippen molar-refractivity contribution in [2.24, 2.45) is 0 Å². The largest absolute Gasteiger partial charge is 0.493 e. The van der Waals surface area contributed by atoms with Crippen molar-refractivity contribution in [2.75, 3.05) is 20.3 Å². The molecule has 1 aliphatic heterocycles. The van der Waals surface area contributed by atoms with Gasteiger partial charge in [-0.05, 0) is 48.3 Å². The number of fused-ring (bicyclic) bond motifs is 1. The molecule has 0 spiro atoms. The molecule has 1 fully saturated rings. The molecule has 1 heterocycles. The van der Waals surface area contributed by atoms with Crippen LogP contribution < -0.4 is 14.2 Å². The maximum absolute atomic E-state index is 12.8. The number of hydrogen-bond acceptors (Lipinski definition) is 6. The molecule has 0 atom stereocenters. The van der Waals surface area contributed by atoms with Gasteiger partial charge in [0.25, 0.3) is 5.69 Å². The summed E-state index contributed by atoms with van der Waals surface area (Å²) >= 11 is 0. The molecule has 148 valence electrons. The number of benzene rings is 2. The maximum atomic E-state index is 12.8. The first kappa shape index (κ1) is 18.7. The number of nitro benzene ring substituents is 1. The minimum Gasteiger partial charge on any atom is -0.493 e. The third-order valence-corrected chi connectivity index (χ3v) is 4.86. The summed E-state index contributed by atoms with van der Waals surface area (Å²) in [6, 6.07) is 9.91. The molecule has 2 aliphatic rings. The van der Waals surface area contributed by atoms with Crippen LogP contribution in [0.15, 0.2) is 47.5 Å². The first-order valence-electron chi connectivity index (χ1n) is 9.23. The Labute approximate surface area is 167 Å². The molecule has 0 bridgehead atoms. The Morgan fingerprint density at radius 3 is 2.48 bits per heavy atom. The van der Waals surface area contributed by atoms with Crippen LogP contribution in [-0.2, 0) is 4.79 Å². The quantitative estimate of drug-likeness (QED) is 0.439. The van der Waals surface area contributed by atoms with E-state index >= 15 is 0 Å². The fourth-order valence-electron chi connectivity index (χ4n) is 3.49. The highest BCUT2D eigenvalue weighted by Crippen LogP contribution is 2.41. The van der Waals surface area contributed by atoms with Crippen LogP contribution in [0.2, 0.25) is 0 Å². The van der Waals surface area contributed by atoms with E-state index < -0.39 is 4.92 Å². The van der Waals surface area contributed by atoms with Gasteiger partial charge in [0.05, 0.1) is 12.0 Å². The van der Waals surface area contributed by atoms with Crippen LogP contribution in [0.3, 0.4) is 0 Å². The van der Waals surface area contributed by atoms with Gasteiger partial charge in [0.2, 0.25) is 5.75 Å². The SMILES string of the molecule is COc1cc(C=C2CCC(=Cc3cccc([N+](=O)[O-])c3)C2=O)cc2c1OCCO2. The van der Waals surface area contributed by atoms with Gasteiger partial charge in [-0.25, -0.2) is 0 Å². The molecular weight excluding hydrogens is 374 g/mol. The summed E-state index contributed by atoms with van der Waals surface area (Å²) in [6.45, 7) is 0.930. The van der Waals surface area contributed by atoms with Gasteiger partial charge >= 0.3 is 0 Å². The molecule has 4 rings (SSSR count). The molecular formula is C22H19NO6. The third-order valence-electron chi connectivity index (χ3n) is 4.86. The van der Waals surface area contributed by atoms with Crippen LogP contribution in [0.4, 0.5) is 5.69 Å². The minimum atomic E-state index is -0.445. The number of methoxy groups -OCH3 is 1. The van der Waals surface area contributed by atoms with Gasteiger partial charge < -0.3 is 14.2 Å². The average molecular weight is 393 g/mol. The summed E-state index contributed by atoms with van der Waals surface area (Å²) in [5.74, 6) is 1.68. The number of rotatable bonds is 4. The molecule has 0 aromatic heterocycles. The molecule has 0 N–H and O–H groups in total. The highest BCUT2D eigenvalue weighted by atomic mass is 16.6. The Balaban J connectivity index is 1.61. The fraction of sp³-hybridized carbons (Fsp3) is 0.227. The van der Waals surface area contributed by atoms with Crippen LogP contribution in [0, 0.1) is 10.1 Å². The second-order valence-electron chi connectivity index (χ2n) is 6.77. The highest BCUT2D eigenvalue weighted by molar-refractivity contribution is 6.15. The Kier molecular flexibility index (Phi) is 5.03. The average Bonchev–Trinajstić information content (AvgIpc) is 3.07. The topological polar surface area (TPSA) is 87.9 Å². The highest BCUT2D eigenvalue weighted by Gasteiger charge is 2.24. The van der Waals surface area contributed by atoms with E-state index in [1.165, 1.54) is 12.1 Å². The number of nitro groups is 1. The molecule has 2 aromatic rings. The summed E-state index contributed by atoms with van der Waals surface area (Å²) < 4.78 is 16.6. The number of ketones is 1. The normalized spacial score (nSPS) is 18.3. The molecule has 0 unspecified atom stereocenters. The van der Waals surface area contributed by atoms with E-state index in [0.29, 0.717) is 60.0 Å². The van der Waals surface area contributed by atoms with Crippen molar-refractivity contribution in [1.82, 2.24) is 0 Å². The number of carbonyl (C=O) groups is 1. The Morgan fingerprint density at radius 2 is 1.76 bits per heavy atom. The summed E-state index contributed by atoms with van der Waals surface area (Å²) in [6.07, 6.45) is 4.75. The van der Waals surface area contributed by atoms with E-state index in [-0.39, 0.29) is 11.5 Å². The lowest BCUT2D eigenvalue weighted by Crippen LogP contribution is -2.16. The second kappa shape index (κ2) is 7.79. The van der Waals surface area contributed by atoms with Crippen molar-refractivity contribution in [3.8, 4) is 17.2 Å². The third kappa shape index (κ3) is 3.85. The Bertz CT molecular complexity index is 1040. The number of allylic oxidation sites excluding steroid dienone is 2. The molecule has 0 amide bonds. The van der Waals surface area contributed by atoms with E-state index in [2.05, 4.69) is 0 Å². The molecule has 0 radical (unpaired) electrons. The number of carbonyl (C=O) groups excluding carboxylic acids is 1. The van der Waals surface area contributed by atoms with E-state index in [1.807, 2.05) is 18.2 Å². The van der Waals surface area contributed by atoms with Crippen molar-refractivity contribution in [2.45, 2.75) is 12.8 Å². The van der Waals surface area contributed by atoms with Crippen molar-refractivity contribution >= 4 is 23.6 Å². The van der Waals surface area contributed by atoms with E-state index in [1.54, 1.807) is 25.3 Å². The van der Waals surface area contributed by atoms with E-state index in [0.717, 1.165) is 5.56 Å². The zero-order valence-corrected chi connectivity index (χ0v) is 15.8. The van der Waals surface area contributed by atoms with Gasteiger partial charge in [0, 0.05) is 23.3 Å². The van der Waals surface area contributed by atoms with Crippen LogP contribution in [0.1, 0.15) is 24.0 Å². The summed E-state index contributed by atoms with van der Waals surface area (Å²) in [5.41, 5.74) is 2.77. The lowest BCUT2D eigenvalue weighted by Gasteiger charge is -2.21. The van der Waals surface area contributed by atoms with Crippen LogP contribution in [0.25, 0.3) is 12.2 Å². The predicted molar refractivity (Wildman–Crippen MR) is 107 cm³/mol. The number of nitrogens with zero attached hydrogens (tertiary/aromatic N) is 1. The monoisotopic (exact) mass is 393 g/mol. The Morgan fingerprint density at radius 1 is 1.03 bits per heavy atom. The van der Waals surface area contributed by atoms with Gasteiger partial charge in [0.15, 0.2) is 17.3 Å². The molecule has 1 saturated carbocycles. The number of non-ortho nitro benzene ring substituents is 1. The molecule has 0 saturated heterocycles. The standard InChI is InChI=1S/C22H19NO6/c1-27-19-12-15(13-20-22(19)29-8-7-28-20)10-17-6-5-16(21(17)24)9-14-3-2-4-18(11-14)23(25)26/h2-4,9-13H,5-8H2,1H3. The maximum Gasteiger partial charge on any atom is 0.270 e. The first-order chi connectivity index (χ1) is 14.0. The Hall–Kier alpha value is -3.61. The minimum absolute atomic E-state index is 0.00364. The molecule has 7 heteroatoms. The summed E-state index contributed by atoms with van der Waals surface area (Å²) in [7, 11) is 1.56. The number of ether oxygens (including phenoxy) is 3. The van der Waals surface area contributed by atoms with Gasteiger partial charge in [-0.3, -0.25) is 14.9 Å². The van der Waals surface area contributed by atoms with E-state index in [9.17, 15) is 14.9 Å². The van der Waals surface area contributed by atoms with Gasteiger partial charge in [-0.15, -0.1) is 0 Å². The molecule has 29 heavy (non-hydrogen) atoms. The smallest absolute Gasteiger partial charge is 0.270 e. The van der Waals surface area contributed by atoms with Crippen molar-refractivity contribution in [3.63, 3.8) is 0 Å². The lowest BCUT2D eigenvalue weighted by molar-refractivity contribution is -0.384. The zero-order chi connectivity index (χ0) is 20.4. The molecule has 7 nitrogen and oxygen atoms in total. The van der Waals surface area contributed by atoms with E-state index in [4.69, 9.17) is 14.2 Å². The van der Waals surface area contributed by atoms with Crippen molar-refractivity contribution < 1.29 is 23.9 Å². The zero-order valence-electron chi connectivity index (χ0n) is 15.8. The van der Waals surface area contributed by atoms with Crippen molar-refractivity contribution in [1.29, 1.82) is 0 Å². The lowest BCUT2D eigenvalue weighted by atomic mass is 10.1. The number of Topliss-reactive ketones (excluding diaryl/α,β-unsaturated/α-hetero) is 1. The van der Waals surface area contributed by atoms with Gasteiger partial charge in [-0.1, -0.05) is 12.1 Å².